The number of benzene rings is 1. The number of ether oxygens (including phenoxy) is 1. The zero-order valence-electron chi connectivity index (χ0n) is 11.1. The molecule has 0 aromatic heterocycles. The quantitative estimate of drug-likeness (QED) is 0.876. The van der Waals surface area contributed by atoms with E-state index in [1.807, 2.05) is 0 Å². The molecule has 1 atom stereocenters. The third-order valence-corrected chi connectivity index (χ3v) is 3.23. The van der Waals surface area contributed by atoms with Gasteiger partial charge in [-0.1, -0.05) is 6.07 Å². The molecule has 1 N–H and O–H groups in total. The maximum absolute atomic E-state index is 12.9. The average Bonchev–Trinajstić information content (AvgIpc) is 2.91. The van der Waals surface area contributed by atoms with Crippen LogP contribution >= 0.6 is 0 Å². The van der Waals surface area contributed by atoms with Crippen molar-refractivity contribution in [2.24, 2.45) is 0 Å². The van der Waals surface area contributed by atoms with Crippen LogP contribution in [-0.2, 0) is 4.79 Å². The zero-order chi connectivity index (χ0) is 13.7. The lowest BCUT2D eigenvalue weighted by atomic mass is 10.2. The number of rotatable bonds is 5. The molecular weight excluding hydrogens is 247 g/mol. The highest BCUT2D eigenvalue weighted by Gasteiger charge is 2.24. The highest BCUT2D eigenvalue weighted by molar-refractivity contribution is 5.81. The van der Waals surface area contributed by atoms with Crippen LogP contribution in [0.4, 0.5) is 4.39 Å². The Hall–Kier alpha value is -1.62. The van der Waals surface area contributed by atoms with Crippen LogP contribution in [0.2, 0.25) is 0 Å². The van der Waals surface area contributed by atoms with Gasteiger partial charge in [0.15, 0.2) is 0 Å². The van der Waals surface area contributed by atoms with Gasteiger partial charge in [-0.3, -0.25) is 4.79 Å². The Morgan fingerprint density at radius 1 is 1.58 bits per heavy atom. The van der Waals surface area contributed by atoms with E-state index in [-0.39, 0.29) is 17.8 Å². The van der Waals surface area contributed by atoms with Crippen LogP contribution in [0.5, 0.6) is 5.75 Å². The van der Waals surface area contributed by atoms with Gasteiger partial charge in [-0.25, -0.2) is 4.39 Å². The maximum Gasteiger partial charge on any atom is 0.239 e. The van der Waals surface area contributed by atoms with Gasteiger partial charge < -0.3 is 15.0 Å². The summed E-state index contributed by atoms with van der Waals surface area (Å²) in [7, 11) is 1.76. The first-order chi connectivity index (χ1) is 9.16. The number of nitrogens with zero attached hydrogens (tertiary/aromatic N) is 1. The molecule has 1 heterocycles. The van der Waals surface area contributed by atoms with Crippen molar-refractivity contribution >= 4 is 5.91 Å². The molecule has 0 saturated carbocycles. The van der Waals surface area contributed by atoms with E-state index in [1.54, 1.807) is 24.1 Å². The average molecular weight is 266 g/mol. The fraction of sp³-hybridized carbons (Fsp3) is 0.500. The van der Waals surface area contributed by atoms with Gasteiger partial charge in [-0.15, -0.1) is 0 Å². The van der Waals surface area contributed by atoms with Crippen molar-refractivity contribution in [1.82, 2.24) is 10.2 Å². The molecule has 1 aromatic carbocycles. The predicted octanol–water partition coefficient (Wildman–Crippen LogP) is 1.41. The van der Waals surface area contributed by atoms with Gasteiger partial charge in [0.1, 0.15) is 18.2 Å². The van der Waals surface area contributed by atoms with Gasteiger partial charge in [-0.2, -0.15) is 0 Å². The molecule has 1 aliphatic rings. The molecular formula is C14H19FN2O2. The normalized spacial score (nSPS) is 18.3. The molecule has 0 spiro atoms. The number of nitrogens with one attached hydrogen (secondary N) is 1. The highest BCUT2D eigenvalue weighted by atomic mass is 19.1. The van der Waals surface area contributed by atoms with Gasteiger partial charge in [0, 0.05) is 13.1 Å². The van der Waals surface area contributed by atoms with E-state index in [9.17, 15) is 9.18 Å². The summed E-state index contributed by atoms with van der Waals surface area (Å²) >= 11 is 0. The summed E-state index contributed by atoms with van der Waals surface area (Å²) in [6.45, 7) is 1.76. The van der Waals surface area contributed by atoms with Gasteiger partial charge in [0.05, 0.1) is 12.6 Å². The summed E-state index contributed by atoms with van der Waals surface area (Å²) in [5.74, 6) is 0.261. The molecule has 1 aromatic rings. The monoisotopic (exact) mass is 266 g/mol. The second kappa shape index (κ2) is 6.52. The number of halogens is 1. The zero-order valence-corrected chi connectivity index (χ0v) is 11.1. The third-order valence-electron chi connectivity index (χ3n) is 3.23. The predicted molar refractivity (Wildman–Crippen MR) is 70.6 cm³/mol. The minimum absolute atomic E-state index is 0.0563. The SMILES string of the molecule is CN(CCOc1cccc(F)c1)C(=O)C1CCCN1. The molecule has 1 fully saturated rings. The molecule has 0 bridgehead atoms. The van der Waals surface area contributed by atoms with Crippen LogP contribution in [-0.4, -0.2) is 43.6 Å². The minimum atomic E-state index is -0.322. The van der Waals surface area contributed by atoms with Crippen LogP contribution in [0.15, 0.2) is 24.3 Å². The van der Waals surface area contributed by atoms with Gasteiger partial charge in [-0.05, 0) is 31.5 Å². The lowest BCUT2D eigenvalue weighted by Gasteiger charge is -2.21. The van der Waals surface area contributed by atoms with Gasteiger partial charge in [0.2, 0.25) is 5.91 Å². The summed E-state index contributed by atoms with van der Waals surface area (Å²) in [4.78, 5) is 13.6. The van der Waals surface area contributed by atoms with Crippen molar-refractivity contribution in [2.75, 3.05) is 26.7 Å². The lowest BCUT2D eigenvalue weighted by Crippen LogP contribution is -2.43. The Morgan fingerprint density at radius 2 is 2.42 bits per heavy atom. The number of amides is 1. The maximum atomic E-state index is 12.9. The van der Waals surface area contributed by atoms with Crippen LogP contribution in [0.1, 0.15) is 12.8 Å². The molecule has 0 radical (unpaired) electrons. The molecule has 1 aliphatic heterocycles. The second-order valence-electron chi connectivity index (χ2n) is 4.71. The van der Waals surface area contributed by atoms with Gasteiger partial charge in [0.25, 0.3) is 0 Å². The molecule has 1 amide bonds. The summed E-state index contributed by atoms with van der Waals surface area (Å²) in [6.07, 6.45) is 1.94. The van der Waals surface area contributed by atoms with Crippen LogP contribution in [0.25, 0.3) is 0 Å². The molecule has 104 valence electrons. The van der Waals surface area contributed by atoms with Crippen molar-refractivity contribution in [1.29, 1.82) is 0 Å². The topological polar surface area (TPSA) is 41.6 Å². The number of hydrogen-bond donors (Lipinski definition) is 1. The third kappa shape index (κ3) is 3.92. The molecule has 0 aliphatic carbocycles. The summed E-state index contributed by atoms with van der Waals surface area (Å²) in [5, 5.41) is 3.17. The van der Waals surface area contributed by atoms with E-state index in [0.717, 1.165) is 19.4 Å². The molecule has 4 nitrogen and oxygen atoms in total. The summed E-state index contributed by atoms with van der Waals surface area (Å²) in [6, 6.07) is 5.94. The first-order valence-electron chi connectivity index (χ1n) is 6.53. The van der Waals surface area contributed by atoms with E-state index < -0.39 is 0 Å². The van der Waals surface area contributed by atoms with E-state index >= 15 is 0 Å². The minimum Gasteiger partial charge on any atom is -0.492 e. The molecule has 2 rings (SSSR count). The number of likely N-dealkylation sites (N-methyl/N-ethyl adjacent to an activating group) is 1. The number of carbonyl (C=O) groups excluding carboxylic acids is 1. The molecule has 1 unspecified atom stereocenters. The summed E-state index contributed by atoms with van der Waals surface area (Å²) in [5.41, 5.74) is 0. The second-order valence-corrected chi connectivity index (χ2v) is 4.71. The largest absolute Gasteiger partial charge is 0.492 e. The summed E-state index contributed by atoms with van der Waals surface area (Å²) < 4.78 is 18.3. The van der Waals surface area contributed by atoms with E-state index in [0.29, 0.717) is 18.9 Å². The van der Waals surface area contributed by atoms with E-state index in [2.05, 4.69) is 5.32 Å². The van der Waals surface area contributed by atoms with Crippen molar-refractivity contribution < 1.29 is 13.9 Å². The van der Waals surface area contributed by atoms with E-state index in [1.165, 1.54) is 12.1 Å². The Labute approximate surface area is 112 Å². The fourth-order valence-electron chi connectivity index (χ4n) is 2.13. The standard InChI is InChI=1S/C14H19FN2O2/c1-17(14(18)13-6-3-7-16-13)8-9-19-12-5-2-4-11(15)10-12/h2,4-5,10,13,16H,3,6-9H2,1H3. The smallest absolute Gasteiger partial charge is 0.239 e. The van der Waals surface area contributed by atoms with E-state index in [4.69, 9.17) is 4.74 Å². The first kappa shape index (κ1) is 13.8. The van der Waals surface area contributed by atoms with Crippen molar-refractivity contribution in [3.63, 3.8) is 0 Å². The van der Waals surface area contributed by atoms with Gasteiger partial charge >= 0.3 is 0 Å². The van der Waals surface area contributed by atoms with Crippen molar-refractivity contribution in [3.05, 3.63) is 30.1 Å². The Morgan fingerprint density at radius 3 is 3.11 bits per heavy atom. The first-order valence-corrected chi connectivity index (χ1v) is 6.53. The number of carbonyl (C=O) groups is 1. The lowest BCUT2D eigenvalue weighted by molar-refractivity contribution is -0.132. The highest BCUT2D eigenvalue weighted by Crippen LogP contribution is 2.12. The Bertz CT molecular complexity index is 433. The Kier molecular flexibility index (Phi) is 4.74. The van der Waals surface area contributed by atoms with Crippen LogP contribution in [0, 0.1) is 5.82 Å². The number of hydrogen-bond acceptors (Lipinski definition) is 3. The molecule has 5 heteroatoms. The van der Waals surface area contributed by atoms with Crippen molar-refractivity contribution in [2.45, 2.75) is 18.9 Å². The Balaban J connectivity index is 1.74. The van der Waals surface area contributed by atoms with Crippen LogP contribution in [0.3, 0.4) is 0 Å². The van der Waals surface area contributed by atoms with Crippen molar-refractivity contribution in [3.8, 4) is 5.75 Å². The van der Waals surface area contributed by atoms with Crippen LogP contribution < -0.4 is 10.1 Å². The molecule has 19 heavy (non-hydrogen) atoms. The molecule has 1 saturated heterocycles. The fourth-order valence-corrected chi connectivity index (χ4v) is 2.13.